The molecule has 0 aromatic rings. The van der Waals surface area contributed by atoms with Gasteiger partial charge in [0.25, 0.3) is 0 Å². The molecule has 0 atom stereocenters. The first kappa shape index (κ1) is 7.45. The summed E-state index contributed by atoms with van der Waals surface area (Å²) in [5.74, 6) is -0.285. The number of hydrogen-bond acceptors (Lipinski definition) is 3. The molecule has 0 N–H and O–H groups in total. The molecule has 0 unspecified atom stereocenters. The van der Waals surface area contributed by atoms with Gasteiger partial charge in [-0.2, -0.15) is 0 Å². The number of rotatable bonds is 0. The van der Waals surface area contributed by atoms with Crippen LogP contribution in [0.4, 0.5) is 0 Å². The minimum atomic E-state index is -0.285. The highest BCUT2D eigenvalue weighted by Gasteiger charge is 2.13. The molecule has 1 rings (SSSR count). The SMILES string of the molecule is O=C1OCCCCC1=C=S. The molecule has 0 aliphatic carbocycles. The monoisotopic (exact) mass is 156 g/mol. The van der Waals surface area contributed by atoms with E-state index >= 15 is 0 Å². The van der Waals surface area contributed by atoms with Gasteiger partial charge in [0.1, 0.15) is 0 Å². The van der Waals surface area contributed by atoms with Crippen LogP contribution in [0.2, 0.25) is 0 Å². The Labute approximate surface area is 64.9 Å². The van der Waals surface area contributed by atoms with Crippen molar-refractivity contribution in [2.45, 2.75) is 19.3 Å². The highest BCUT2D eigenvalue weighted by atomic mass is 32.1. The Balaban J connectivity index is 2.70. The standard InChI is InChI=1S/C7H8O2S/c8-7-6(5-10)3-1-2-4-9-7/h1-4H2. The van der Waals surface area contributed by atoms with E-state index in [9.17, 15) is 4.79 Å². The van der Waals surface area contributed by atoms with E-state index in [0.717, 1.165) is 19.3 Å². The van der Waals surface area contributed by atoms with Crippen molar-refractivity contribution in [3.05, 3.63) is 5.57 Å². The molecule has 3 heteroatoms. The first-order chi connectivity index (χ1) is 4.84. The van der Waals surface area contributed by atoms with E-state index in [1.807, 2.05) is 0 Å². The summed E-state index contributed by atoms with van der Waals surface area (Å²) in [6.07, 6.45) is 2.64. The lowest BCUT2D eigenvalue weighted by Gasteiger charge is -1.95. The first-order valence-electron chi connectivity index (χ1n) is 3.25. The normalized spacial score (nSPS) is 19.2. The summed E-state index contributed by atoms with van der Waals surface area (Å²) < 4.78 is 4.80. The van der Waals surface area contributed by atoms with Crippen molar-refractivity contribution < 1.29 is 9.53 Å². The number of carbonyl (C=O) groups excluding carboxylic acids is 1. The Morgan fingerprint density at radius 3 is 3.00 bits per heavy atom. The maximum atomic E-state index is 10.9. The molecule has 1 aliphatic heterocycles. The summed E-state index contributed by atoms with van der Waals surface area (Å²) in [7, 11) is 0. The molecular formula is C7H8O2S. The summed E-state index contributed by atoms with van der Waals surface area (Å²) in [6.45, 7) is 0.527. The molecule has 54 valence electrons. The Morgan fingerprint density at radius 2 is 2.30 bits per heavy atom. The number of cyclic esters (lactones) is 1. The second-order valence-electron chi connectivity index (χ2n) is 2.17. The van der Waals surface area contributed by atoms with Crippen LogP contribution in [0.15, 0.2) is 5.57 Å². The van der Waals surface area contributed by atoms with Crippen molar-refractivity contribution in [2.75, 3.05) is 6.61 Å². The molecule has 1 saturated heterocycles. The highest BCUT2D eigenvalue weighted by molar-refractivity contribution is 7.78. The van der Waals surface area contributed by atoms with E-state index in [2.05, 4.69) is 17.2 Å². The summed E-state index contributed by atoms with van der Waals surface area (Å²) in [6, 6.07) is 0. The molecule has 0 aromatic carbocycles. The Hall–Kier alpha value is -0.660. The zero-order chi connectivity index (χ0) is 7.40. The fourth-order valence-corrected chi connectivity index (χ4v) is 1.04. The predicted octanol–water partition coefficient (Wildman–Crippen LogP) is 1.24. The molecule has 0 radical (unpaired) electrons. The molecule has 1 heterocycles. The Kier molecular flexibility index (Phi) is 2.60. The van der Waals surface area contributed by atoms with Crippen LogP contribution >= 0.6 is 12.2 Å². The number of ether oxygens (including phenoxy) is 1. The zero-order valence-corrected chi connectivity index (χ0v) is 6.37. The van der Waals surface area contributed by atoms with Gasteiger partial charge in [-0.05, 0) is 36.5 Å². The molecule has 0 aromatic heterocycles. The number of carbonyl (C=O) groups is 1. The van der Waals surface area contributed by atoms with Crippen LogP contribution in [0, 0.1) is 0 Å². The van der Waals surface area contributed by atoms with Gasteiger partial charge in [-0.15, -0.1) is 0 Å². The van der Waals surface area contributed by atoms with E-state index in [1.54, 1.807) is 0 Å². The second kappa shape index (κ2) is 3.49. The van der Waals surface area contributed by atoms with Gasteiger partial charge in [0.15, 0.2) is 0 Å². The van der Waals surface area contributed by atoms with Gasteiger partial charge >= 0.3 is 5.97 Å². The van der Waals surface area contributed by atoms with Crippen LogP contribution in [0.3, 0.4) is 0 Å². The average molecular weight is 156 g/mol. The van der Waals surface area contributed by atoms with Crippen LogP contribution < -0.4 is 0 Å². The minimum absolute atomic E-state index is 0.285. The molecule has 1 fully saturated rings. The third-order valence-electron chi connectivity index (χ3n) is 1.42. The fraction of sp³-hybridized carbons (Fsp3) is 0.571. The summed E-state index contributed by atoms with van der Waals surface area (Å²) in [4.78, 5) is 10.9. The predicted molar refractivity (Wildman–Crippen MR) is 40.9 cm³/mol. The third-order valence-corrected chi connectivity index (χ3v) is 1.67. The van der Waals surface area contributed by atoms with E-state index in [-0.39, 0.29) is 5.97 Å². The third kappa shape index (κ3) is 1.66. The lowest BCUT2D eigenvalue weighted by molar-refractivity contribution is -0.138. The van der Waals surface area contributed by atoms with Gasteiger partial charge in [-0.3, -0.25) is 0 Å². The first-order valence-corrected chi connectivity index (χ1v) is 3.66. The van der Waals surface area contributed by atoms with Crippen molar-refractivity contribution in [1.29, 1.82) is 0 Å². The molecule has 0 amide bonds. The van der Waals surface area contributed by atoms with Crippen LogP contribution in [0.1, 0.15) is 19.3 Å². The highest BCUT2D eigenvalue weighted by Crippen LogP contribution is 2.11. The Bertz CT molecular complexity index is 192. The maximum absolute atomic E-state index is 10.9. The molecular weight excluding hydrogens is 148 g/mol. The van der Waals surface area contributed by atoms with Gasteiger partial charge in [-0.25, -0.2) is 4.79 Å². The quantitative estimate of drug-likeness (QED) is 0.300. The minimum Gasteiger partial charge on any atom is -0.462 e. The van der Waals surface area contributed by atoms with Gasteiger partial charge in [0.2, 0.25) is 0 Å². The van der Waals surface area contributed by atoms with Crippen molar-refractivity contribution in [2.24, 2.45) is 0 Å². The van der Waals surface area contributed by atoms with Crippen molar-refractivity contribution in [3.63, 3.8) is 0 Å². The lowest BCUT2D eigenvalue weighted by Crippen LogP contribution is -2.04. The van der Waals surface area contributed by atoms with Gasteiger partial charge in [0.05, 0.1) is 12.2 Å². The van der Waals surface area contributed by atoms with Crippen LogP contribution in [-0.2, 0) is 9.53 Å². The lowest BCUT2D eigenvalue weighted by atomic mass is 10.1. The average Bonchev–Trinajstić information content (AvgIpc) is 2.13. The molecule has 1 aliphatic rings. The molecule has 10 heavy (non-hydrogen) atoms. The Morgan fingerprint density at radius 1 is 1.50 bits per heavy atom. The van der Waals surface area contributed by atoms with Crippen molar-refractivity contribution in [3.8, 4) is 0 Å². The van der Waals surface area contributed by atoms with Gasteiger partial charge < -0.3 is 4.74 Å². The summed E-state index contributed by atoms with van der Waals surface area (Å²) in [5.41, 5.74) is 0.521. The van der Waals surface area contributed by atoms with Crippen molar-refractivity contribution in [1.82, 2.24) is 0 Å². The van der Waals surface area contributed by atoms with Crippen LogP contribution in [-0.4, -0.2) is 17.6 Å². The smallest absolute Gasteiger partial charge is 0.342 e. The van der Waals surface area contributed by atoms with Gasteiger partial charge in [-0.1, -0.05) is 0 Å². The summed E-state index contributed by atoms with van der Waals surface area (Å²) >= 11 is 4.52. The van der Waals surface area contributed by atoms with E-state index in [0.29, 0.717) is 12.2 Å². The molecule has 0 spiro atoms. The van der Waals surface area contributed by atoms with E-state index in [4.69, 9.17) is 4.74 Å². The largest absolute Gasteiger partial charge is 0.462 e. The topological polar surface area (TPSA) is 26.3 Å². The van der Waals surface area contributed by atoms with Crippen molar-refractivity contribution >= 4 is 23.2 Å². The molecule has 0 saturated carbocycles. The van der Waals surface area contributed by atoms with E-state index in [1.165, 1.54) is 0 Å². The zero-order valence-electron chi connectivity index (χ0n) is 5.55. The maximum Gasteiger partial charge on any atom is 0.342 e. The van der Waals surface area contributed by atoms with E-state index < -0.39 is 0 Å². The molecule has 2 nitrogen and oxygen atoms in total. The molecule has 0 bridgehead atoms. The fourth-order valence-electron chi connectivity index (χ4n) is 0.851. The van der Waals surface area contributed by atoms with Crippen LogP contribution in [0.25, 0.3) is 0 Å². The summed E-state index contributed by atoms with van der Waals surface area (Å²) in [5, 5.41) is 2.42. The number of esters is 1. The van der Waals surface area contributed by atoms with Gasteiger partial charge in [0, 0.05) is 0 Å². The number of thiocarbonyl (C=S) groups is 1. The second-order valence-corrected chi connectivity index (χ2v) is 2.38. The van der Waals surface area contributed by atoms with Crippen LogP contribution in [0.5, 0.6) is 0 Å². The number of hydrogen-bond donors (Lipinski definition) is 0.